The minimum absolute atomic E-state index is 0.127. The fourth-order valence-corrected chi connectivity index (χ4v) is 4.41. The summed E-state index contributed by atoms with van der Waals surface area (Å²) in [6, 6.07) is 12.9. The summed E-state index contributed by atoms with van der Waals surface area (Å²) in [7, 11) is 0. The van der Waals surface area contributed by atoms with Gasteiger partial charge in [0.2, 0.25) is 0 Å². The highest BCUT2D eigenvalue weighted by Gasteiger charge is 2.23. The Hall–Kier alpha value is -2.21. The number of hydrogen-bond acceptors (Lipinski definition) is 3. The molecule has 0 bridgehead atoms. The number of carbonyl (C=O) groups excluding carboxylic acids is 1. The lowest BCUT2D eigenvalue weighted by Gasteiger charge is -2.30. The zero-order valence-corrected chi connectivity index (χ0v) is 18.4. The lowest BCUT2D eigenvalue weighted by molar-refractivity contribution is 0.243. The van der Waals surface area contributed by atoms with E-state index in [-0.39, 0.29) is 12.1 Å². The number of halogens is 3. The second kappa shape index (κ2) is 9.29. The Balaban J connectivity index is 1.30. The highest BCUT2D eigenvalue weighted by atomic mass is 35.5. The summed E-state index contributed by atoms with van der Waals surface area (Å²) < 4.78 is 0. The quantitative estimate of drug-likeness (QED) is 0.401. The van der Waals surface area contributed by atoms with Crippen molar-refractivity contribution in [1.29, 1.82) is 0 Å². The number of pyridine rings is 1. The SMILES string of the molecule is O=C(Nc1ccc(Cl)cc1Cl)N[C@H]1CC[C@@H](Nc2ccnc3cc(Cl)ccc23)CC1. The van der Waals surface area contributed by atoms with E-state index in [9.17, 15) is 4.79 Å². The molecule has 2 amide bonds. The number of nitrogens with zero attached hydrogens (tertiary/aromatic N) is 1. The molecule has 1 fully saturated rings. The van der Waals surface area contributed by atoms with Gasteiger partial charge in [-0.05, 0) is 68.1 Å². The zero-order chi connectivity index (χ0) is 21.1. The van der Waals surface area contributed by atoms with Gasteiger partial charge >= 0.3 is 6.03 Å². The topological polar surface area (TPSA) is 66.1 Å². The summed E-state index contributed by atoms with van der Waals surface area (Å²) in [6.07, 6.45) is 5.51. The second-order valence-corrected chi connectivity index (χ2v) is 8.72. The first-order chi connectivity index (χ1) is 14.5. The van der Waals surface area contributed by atoms with Crippen molar-refractivity contribution in [3.8, 4) is 0 Å². The lowest BCUT2D eigenvalue weighted by atomic mass is 9.91. The monoisotopic (exact) mass is 462 g/mol. The van der Waals surface area contributed by atoms with Gasteiger partial charge in [-0.2, -0.15) is 0 Å². The number of benzene rings is 2. The van der Waals surface area contributed by atoms with Crippen molar-refractivity contribution in [2.75, 3.05) is 10.6 Å². The van der Waals surface area contributed by atoms with Gasteiger partial charge in [-0.1, -0.05) is 34.8 Å². The summed E-state index contributed by atoms with van der Waals surface area (Å²) in [5.41, 5.74) is 2.47. The molecule has 3 aromatic rings. The highest BCUT2D eigenvalue weighted by Crippen LogP contribution is 2.29. The third-order valence-electron chi connectivity index (χ3n) is 5.31. The van der Waals surface area contributed by atoms with E-state index < -0.39 is 0 Å². The predicted octanol–water partition coefficient (Wildman–Crippen LogP) is 6.74. The molecule has 156 valence electrons. The van der Waals surface area contributed by atoms with Crippen LogP contribution in [0.3, 0.4) is 0 Å². The van der Waals surface area contributed by atoms with E-state index in [0.717, 1.165) is 42.3 Å². The van der Waals surface area contributed by atoms with Gasteiger partial charge in [0.15, 0.2) is 0 Å². The highest BCUT2D eigenvalue weighted by molar-refractivity contribution is 6.36. The fourth-order valence-electron chi connectivity index (χ4n) is 3.78. The number of hydrogen-bond donors (Lipinski definition) is 3. The summed E-state index contributed by atoms with van der Waals surface area (Å²) in [5, 5.41) is 12.1. The molecule has 5 nitrogen and oxygen atoms in total. The van der Waals surface area contributed by atoms with Crippen LogP contribution in [0.1, 0.15) is 25.7 Å². The Morgan fingerprint density at radius 2 is 1.57 bits per heavy atom. The van der Waals surface area contributed by atoms with Gasteiger partial charge in [0.25, 0.3) is 0 Å². The number of rotatable bonds is 4. The molecule has 8 heteroatoms. The minimum atomic E-state index is -0.257. The van der Waals surface area contributed by atoms with Gasteiger partial charge in [-0.15, -0.1) is 0 Å². The molecule has 1 aromatic heterocycles. The van der Waals surface area contributed by atoms with Crippen molar-refractivity contribution in [3.63, 3.8) is 0 Å². The summed E-state index contributed by atoms with van der Waals surface area (Å²) in [4.78, 5) is 16.7. The maximum absolute atomic E-state index is 12.3. The maximum Gasteiger partial charge on any atom is 0.319 e. The molecular weight excluding hydrogens is 443 g/mol. The largest absolute Gasteiger partial charge is 0.382 e. The number of nitrogens with one attached hydrogen (secondary N) is 3. The van der Waals surface area contributed by atoms with Crippen LogP contribution in [0.25, 0.3) is 10.9 Å². The smallest absolute Gasteiger partial charge is 0.319 e. The molecule has 0 radical (unpaired) electrons. The standard InChI is InChI=1S/C22H21Cl3N4O/c23-13-2-8-20(18(25)11-13)29-22(30)28-16-5-3-15(4-6-16)27-19-9-10-26-21-12-14(24)1-7-17(19)21/h1-2,7-12,15-16H,3-6H2,(H,26,27)(H2,28,29,30)/t15-,16+. The predicted molar refractivity (Wildman–Crippen MR) is 125 cm³/mol. The van der Waals surface area contributed by atoms with Gasteiger partial charge in [0, 0.05) is 39.4 Å². The molecule has 2 aromatic carbocycles. The number of fused-ring (bicyclic) bond motifs is 1. The first-order valence-corrected chi connectivity index (χ1v) is 10.9. The third-order valence-corrected chi connectivity index (χ3v) is 6.09. The van der Waals surface area contributed by atoms with Gasteiger partial charge in [-0.25, -0.2) is 4.79 Å². The minimum Gasteiger partial charge on any atom is -0.382 e. The molecule has 1 aliphatic rings. The number of anilines is 2. The van der Waals surface area contributed by atoms with Gasteiger partial charge < -0.3 is 16.0 Å². The molecule has 4 rings (SSSR count). The number of aromatic nitrogens is 1. The van der Waals surface area contributed by atoms with Crippen molar-refractivity contribution in [2.45, 2.75) is 37.8 Å². The third kappa shape index (κ3) is 5.09. The molecule has 1 aliphatic carbocycles. The van der Waals surface area contributed by atoms with Crippen LogP contribution in [0.15, 0.2) is 48.7 Å². The molecule has 1 saturated carbocycles. The van der Waals surface area contributed by atoms with Gasteiger partial charge in [0.1, 0.15) is 0 Å². The van der Waals surface area contributed by atoms with Crippen LogP contribution in [-0.2, 0) is 0 Å². The van der Waals surface area contributed by atoms with Crippen LogP contribution < -0.4 is 16.0 Å². The van der Waals surface area contributed by atoms with Crippen LogP contribution in [0, 0.1) is 0 Å². The normalized spacial score (nSPS) is 18.8. The Kier molecular flexibility index (Phi) is 6.52. The van der Waals surface area contributed by atoms with Crippen LogP contribution in [0.4, 0.5) is 16.2 Å². The molecule has 0 spiro atoms. The molecule has 0 saturated heterocycles. The summed E-state index contributed by atoms with van der Waals surface area (Å²) in [5.74, 6) is 0. The van der Waals surface area contributed by atoms with E-state index in [1.54, 1.807) is 24.4 Å². The van der Waals surface area contributed by atoms with E-state index in [1.807, 2.05) is 24.3 Å². The van der Waals surface area contributed by atoms with Crippen LogP contribution >= 0.6 is 34.8 Å². The number of carbonyl (C=O) groups is 1. The first-order valence-electron chi connectivity index (χ1n) is 9.81. The first kappa shape index (κ1) is 21.0. The van der Waals surface area contributed by atoms with E-state index in [2.05, 4.69) is 20.9 Å². The Labute approximate surface area is 190 Å². The van der Waals surface area contributed by atoms with E-state index >= 15 is 0 Å². The molecule has 1 heterocycles. The number of urea groups is 1. The average Bonchev–Trinajstić information content (AvgIpc) is 2.71. The van der Waals surface area contributed by atoms with Crippen molar-refractivity contribution in [1.82, 2.24) is 10.3 Å². The fraction of sp³-hybridized carbons (Fsp3) is 0.273. The van der Waals surface area contributed by atoms with Crippen LogP contribution in [-0.4, -0.2) is 23.1 Å². The lowest BCUT2D eigenvalue weighted by Crippen LogP contribution is -2.42. The number of amides is 2. The molecule has 30 heavy (non-hydrogen) atoms. The molecular formula is C22H21Cl3N4O. The Morgan fingerprint density at radius 1 is 0.867 bits per heavy atom. The van der Waals surface area contributed by atoms with Crippen molar-refractivity contribution >= 4 is 63.1 Å². The Morgan fingerprint density at radius 3 is 2.33 bits per heavy atom. The van der Waals surface area contributed by atoms with Crippen molar-refractivity contribution in [3.05, 3.63) is 63.7 Å². The van der Waals surface area contributed by atoms with Crippen molar-refractivity contribution in [2.24, 2.45) is 0 Å². The molecule has 0 aliphatic heterocycles. The van der Waals surface area contributed by atoms with E-state index in [1.165, 1.54) is 0 Å². The van der Waals surface area contributed by atoms with E-state index in [0.29, 0.717) is 26.8 Å². The van der Waals surface area contributed by atoms with Crippen molar-refractivity contribution < 1.29 is 4.79 Å². The molecule has 0 unspecified atom stereocenters. The maximum atomic E-state index is 12.3. The van der Waals surface area contributed by atoms with Gasteiger partial charge in [0.05, 0.1) is 16.2 Å². The summed E-state index contributed by atoms with van der Waals surface area (Å²) in [6.45, 7) is 0. The summed E-state index contributed by atoms with van der Waals surface area (Å²) >= 11 is 18.1. The van der Waals surface area contributed by atoms with E-state index in [4.69, 9.17) is 34.8 Å². The Bertz CT molecular complexity index is 1070. The molecule has 0 atom stereocenters. The second-order valence-electron chi connectivity index (χ2n) is 7.44. The average molecular weight is 464 g/mol. The van der Waals surface area contributed by atoms with Crippen LogP contribution in [0.2, 0.25) is 15.1 Å². The van der Waals surface area contributed by atoms with Crippen LogP contribution in [0.5, 0.6) is 0 Å². The molecule has 3 N–H and O–H groups in total. The van der Waals surface area contributed by atoms with Gasteiger partial charge in [-0.3, -0.25) is 4.98 Å². The zero-order valence-electron chi connectivity index (χ0n) is 16.1.